The number of anilines is 1. The number of amides is 1. The van der Waals surface area contributed by atoms with Crippen molar-refractivity contribution in [2.45, 2.75) is 28.8 Å². The fourth-order valence-corrected chi connectivity index (χ4v) is 4.44. The number of aromatic nitrogens is 2. The van der Waals surface area contributed by atoms with Crippen LogP contribution in [0.1, 0.15) is 11.1 Å². The molecule has 0 aliphatic rings. The number of sulfone groups is 1. The Morgan fingerprint density at radius 3 is 2.48 bits per heavy atom. The summed E-state index contributed by atoms with van der Waals surface area (Å²) in [4.78, 5) is 30.4. The van der Waals surface area contributed by atoms with Crippen molar-refractivity contribution >= 4 is 33.2 Å². The van der Waals surface area contributed by atoms with Crippen LogP contribution >= 0.6 is 11.8 Å². The Morgan fingerprint density at radius 1 is 1.10 bits per heavy atom. The number of hydrogen-bond donors (Lipinski definition) is 2. The summed E-state index contributed by atoms with van der Waals surface area (Å²) in [6.07, 6.45) is 1.03. The number of benzene rings is 2. The fraction of sp³-hybridized carbons (Fsp3) is 0.150. The van der Waals surface area contributed by atoms with Crippen molar-refractivity contribution in [1.82, 2.24) is 9.97 Å². The molecule has 0 saturated carbocycles. The molecule has 0 aliphatic heterocycles. The molecule has 3 aromatic rings. The SMILES string of the molecule is Cc1ccc(S(=O)(=O)c2cnc(SCC(=O)Nc3ccccc3)[nH]c2=O)cc1C. The van der Waals surface area contributed by atoms with Gasteiger partial charge in [-0.05, 0) is 49.2 Å². The molecule has 3 rings (SSSR count). The van der Waals surface area contributed by atoms with Crippen LogP contribution in [0.25, 0.3) is 0 Å². The largest absolute Gasteiger partial charge is 0.325 e. The van der Waals surface area contributed by atoms with Crippen molar-refractivity contribution in [2.24, 2.45) is 0 Å². The zero-order valence-corrected chi connectivity index (χ0v) is 17.4. The number of nitrogens with one attached hydrogen (secondary N) is 2. The van der Waals surface area contributed by atoms with Crippen LogP contribution < -0.4 is 10.9 Å². The molecule has 0 unspecified atom stereocenters. The van der Waals surface area contributed by atoms with Gasteiger partial charge in [0, 0.05) is 5.69 Å². The van der Waals surface area contributed by atoms with Crippen LogP contribution in [0.4, 0.5) is 5.69 Å². The van der Waals surface area contributed by atoms with Crippen molar-refractivity contribution in [1.29, 1.82) is 0 Å². The lowest BCUT2D eigenvalue weighted by Crippen LogP contribution is -2.20. The summed E-state index contributed by atoms with van der Waals surface area (Å²) in [7, 11) is -3.99. The van der Waals surface area contributed by atoms with Crippen LogP contribution in [0.15, 0.2) is 74.5 Å². The summed E-state index contributed by atoms with van der Waals surface area (Å²) >= 11 is 1.01. The number of carbonyl (C=O) groups excluding carboxylic acids is 1. The van der Waals surface area contributed by atoms with Crippen molar-refractivity contribution in [3.63, 3.8) is 0 Å². The Labute approximate surface area is 172 Å². The van der Waals surface area contributed by atoms with Crippen molar-refractivity contribution in [3.05, 3.63) is 76.2 Å². The molecule has 150 valence electrons. The molecule has 0 atom stereocenters. The molecule has 1 aromatic heterocycles. The normalized spacial score (nSPS) is 11.2. The lowest BCUT2D eigenvalue weighted by Gasteiger charge is -2.07. The minimum Gasteiger partial charge on any atom is -0.325 e. The lowest BCUT2D eigenvalue weighted by molar-refractivity contribution is -0.113. The minimum absolute atomic E-state index is 0.0150. The summed E-state index contributed by atoms with van der Waals surface area (Å²) in [5.41, 5.74) is 1.65. The van der Waals surface area contributed by atoms with E-state index in [1.807, 2.05) is 13.0 Å². The summed E-state index contributed by atoms with van der Waals surface area (Å²) in [5.74, 6) is -0.253. The molecule has 0 aliphatic carbocycles. The molecule has 1 amide bonds. The molecule has 0 bridgehead atoms. The molecule has 2 aromatic carbocycles. The van der Waals surface area contributed by atoms with E-state index in [1.165, 1.54) is 12.1 Å². The Bertz CT molecular complexity index is 1210. The molecule has 0 saturated heterocycles. The summed E-state index contributed by atoms with van der Waals surface area (Å²) in [6, 6.07) is 13.7. The summed E-state index contributed by atoms with van der Waals surface area (Å²) < 4.78 is 25.5. The molecule has 0 radical (unpaired) electrons. The first-order valence-electron chi connectivity index (χ1n) is 8.67. The van der Waals surface area contributed by atoms with Crippen LogP contribution in [0.3, 0.4) is 0 Å². The second-order valence-corrected chi connectivity index (χ2v) is 9.22. The van der Waals surface area contributed by atoms with Gasteiger partial charge in [0.15, 0.2) is 10.1 Å². The third-order valence-corrected chi connectivity index (χ3v) is 6.85. The van der Waals surface area contributed by atoms with E-state index in [2.05, 4.69) is 15.3 Å². The van der Waals surface area contributed by atoms with E-state index in [1.54, 1.807) is 37.3 Å². The number of thioether (sulfide) groups is 1. The highest BCUT2D eigenvalue weighted by Crippen LogP contribution is 2.21. The van der Waals surface area contributed by atoms with Gasteiger partial charge in [0.25, 0.3) is 5.56 Å². The Morgan fingerprint density at radius 2 is 1.83 bits per heavy atom. The number of aromatic amines is 1. The maximum absolute atomic E-state index is 12.8. The zero-order chi connectivity index (χ0) is 21.0. The van der Waals surface area contributed by atoms with E-state index in [9.17, 15) is 18.0 Å². The molecule has 29 heavy (non-hydrogen) atoms. The average molecular weight is 430 g/mol. The van der Waals surface area contributed by atoms with E-state index in [4.69, 9.17) is 0 Å². The Kier molecular flexibility index (Phi) is 6.19. The van der Waals surface area contributed by atoms with Gasteiger partial charge in [-0.15, -0.1) is 0 Å². The van der Waals surface area contributed by atoms with Gasteiger partial charge in [-0.2, -0.15) is 0 Å². The van der Waals surface area contributed by atoms with Gasteiger partial charge in [0.05, 0.1) is 16.8 Å². The maximum Gasteiger partial charge on any atom is 0.270 e. The monoisotopic (exact) mass is 429 g/mol. The fourth-order valence-electron chi connectivity index (χ4n) is 2.49. The zero-order valence-electron chi connectivity index (χ0n) is 15.8. The molecular formula is C20H19N3O4S2. The molecule has 9 heteroatoms. The summed E-state index contributed by atoms with van der Waals surface area (Å²) in [6.45, 7) is 3.68. The Hall–Kier alpha value is -2.91. The van der Waals surface area contributed by atoms with E-state index in [-0.39, 0.29) is 21.7 Å². The van der Waals surface area contributed by atoms with Gasteiger partial charge in [0.1, 0.15) is 0 Å². The average Bonchev–Trinajstić information content (AvgIpc) is 2.69. The smallest absolute Gasteiger partial charge is 0.270 e. The third-order valence-electron chi connectivity index (χ3n) is 4.22. The first-order chi connectivity index (χ1) is 13.8. The number of H-pyrrole nitrogens is 1. The van der Waals surface area contributed by atoms with Crippen LogP contribution in [0, 0.1) is 13.8 Å². The number of hydrogen-bond acceptors (Lipinski definition) is 6. The quantitative estimate of drug-likeness (QED) is 0.461. The van der Waals surface area contributed by atoms with Gasteiger partial charge in [-0.3, -0.25) is 9.59 Å². The topological polar surface area (TPSA) is 109 Å². The third kappa shape index (κ3) is 4.93. The number of rotatable bonds is 6. The molecule has 0 fully saturated rings. The molecule has 2 N–H and O–H groups in total. The number of para-hydroxylation sites is 1. The van der Waals surface area contributed by atoms with Gasteiger partial charge in [-0.25, -0.2) is 13.4 Å². The van der Waals surface area contributed by atoms with E-state index in [0.717, 1.165) is 29.1 Å². The molecule has 1 heterocycles. The molecular weight excluding hydrogens is 410 g/mol. The standard InChI is InChI=1S/C20H19N3O4S2/c1-13-8-9-16(10-14(13)2)29(26,27)17-11-21-20(23-19(17)25)28-12-18(24)22-15-6-4-3-5-7-15/h3-11H,12H2,1-2H3,(H,22,24)(H,21,23,25). The van der Waals surface area contributed by atoms with Crippen LogP contribution in [0.2, 0.25) is 0 Å². The second-order valence-electron chi connectivity index (χ2n) is 6.33. The van der Waals surface area contributed by atoms with Gasteiger partial charge < -0.3 is 10.3 Å². The van der Waals surface area contributed by atoms with Crippen LogP contribution in [0.5, 0.6) is 0 Å². The van der Waals surface area contributed by atoms with Gasteiger partial charge in [-0.1, -0.05) is 36.0 Å². The van der Waals surface area contributed by atoms with Gasteiger partial charge >= 0.3 is 0 Å². The maximum atomic E-state index is 12.8. The highest BCUT2D eigenvalue weighted by atomic mass is 32.2. The Balaban J connectivity index is 1.73. The highest BCUT2D eigenvalue weighted by molar-refractivity contribution is 7.99. The van der Waals surface area contributed by atoms with Crippen LogP contribution in [-0.2, 0) is 14.6 Å². The lowest BCUT2D eigenvalue weighted by atomic mass is 10.1. The molecule has 0 spiro atoms. The van der Waals surface area contributed by atoms with Crippen molar-refractivity contribution in [2.75, 3.05) is 11.1 Å². The first-order valence-corrected chi connectivity index (χ1v) is 11.1. The summed E-state index contributed by atoms with van der Waals surface area (Å²) in [5, 5.41) is 2.88. The van der Waals surface area contributed by atoms with Crippen LogP contribution in [-0.4, -0.2) is 30.0 Å². The molecule has 7 nitrogen and oxygen atoms in total. The minimum atomic E-state index is -3.99. The van der Waals surface area contributed by atoms with Crippen molar-refractivity contribution < 1.29 is 13.2 Å². The van der Waals surface area contributed by atoms with Crippen molar-refractivity contribution in [3.8, 4) is 0 Å². The first kappa shape index (κ1) is 20.8. The predicted molar refractivity (Wildman–Crippen MR) is 112 cm³/mol. The predicted octanol–water partition coefficient (Wildman–Crippen LogP) is 2.95. The van der Waals surface area contributed by atoms with E-state index in [0.29, 0.717) is 5.69 Å². The van der Waals surface area contributed by atoms with E-state index < -0.39 is 20.3 Å². The highest BCUT2D eigenvalue weighted by Gasteiger charge is 2.23. The van der Waals surface area contributed by atoms with Gasteiger partial charge in [0.2, 0.25) is 15.7 Å². The number of carbonyl (C=O) groups is 1. The number of nitrogens with zero attached hydrogens (tertiary/aromatic N) is 1. The van der Waals surface area contributed by atoms with E-state index >= 15 is 0 Å². The second kappa shape index (κ2) is 8.62. The number of aryl methyl sites for hydroxylation is 2.